The molecule has 142 valence electrons. The average molecular weight is 422 g/mol. The van der Waals surface area contributed by atoms with Crippen LogP contribution in [-0.4, -0.2) is 31.4 Å². The number of carbonyl (C=O) groups excluding carboxylic acids is 1. The summed E-state index contributed by atoms with van der Waals surface area (Å²) in [5, 5.41) is 8.08. The minimum atomic E-state index is -0.107. The van der Waals surface area contributed by atoms with E-state index >= 15 is 0 Å². The standard InChI is InChI=1S/C17H19N5O2S3/c1-8-9(2)27-17-14(8)16(24)18-12(19-17)6-26-7-13(23)20-15-10-4-25-5-11(10)21-22(15)3/h4-7H2,1-3H3,(H,20,23)(H,18,19,24). The first-order chi connectivity index (χ1) is 12.9. The van der Waals surface area contributed by atoms with Crippen molar-refractivity contribution in [3.05, 3.63) is 37.9 Å². The summed E-state index contributed by atoms with van der Waals surface area (Å²) in [7, 11) is 1.85. The third-order valence-electron chi connectivity index (χ3n) is 4.53. The molecule has 0 saturated carbocycles. The SMILES string of the molecule is Cc1sc2nc(CSCC(=O)Nc3c4c(nn3C)CSC4)[nH]c(=O)c2c1C. The number of aryl methyl sites for hydroxylation is 3. The van der Waals surface area contributed by atoms with Gasteiger partial charge in [-0.2, -0.15) is 16.9 Å². The van der Waals surface area contributed by atoms with Crippen LogP contribution in [0, 0.1) is 13.8 Å². The van der Waals surface area contributed by atoms with Gasteiger partial charge in [-0.05, 0) is 19.4 Å². The van der Waals surface area contributed by atoms with Crippen molar-refractivity contribution < 1.29 is 4.79 Å². The molecule has 1 aliphatic heterocycles. The zero-order valence-electron chi connectivity index (χ0n) is 15.2. The first-order valence-electron chi connectivity index (χ1n) is 8.43. The van der Waals surface area contributed by atoms with Crippen LogP contribution in [0.5, 0.6) is 0 Å². The van der Waals surface area contributed by atoms with Gasteiger partial charge in [-0.25, -0.2) is 4.98 Å². The molecule has 0 unspecified atom stereocenters. The third kappa shape index (κ3) is 3.53. The number of fused-ring (bicyclic) bond motifs is 2. The summed E-state index contributed by atoms with van der Waals surface area (Å²) in [6.07, 6.45) is 0. The fourth-order valence-corrected chi connectivity index (χ4v) is 5.85. The number of H-pyrrole nitrogens is 1. The number of carbonyl (C=O) groups is 1. The molecule has 10 heteroatoms. The first-order valence-corrected chi connectivity index (χ1v) is 11.6. The summed E-state index contributed by atoms with van der Waals surface area (Å²) in [4.78, 5) is 33.9. The molecule has 0 saturated heterocycles. The van der Waals surface area contributed by atoms with Gasteiger partial charge in [0.25, 0.3) is 5.56 Å². The lowest BCUT2D eigenvalue weighted by Crippen LogP contribution is -2.18. The fraction of sp³-hybridized carbons (Fsp3) is 0.412. The Morgan fingerprint density at radius 2 is 2.19 bits per heavy atom. The number of hydrogen-bond acceptors (Lipinski definition) is 7. The molecule has 4 rings (SSSR count). The first kappa shape index (κ1) is 18.6. The largest absolute Gasteiger partial charge is 0.310 e. The highest BCUT2D eigenvalue weighted by atomic mass is 32.2. The second-order valence-corrected chi connectivity index (χ2v) is 9.58. The van der Waals surface area contributed by atoms with Gasteiger partial charge in [0.15, 0.2) is 0 Å². The predicted molar refractivity (Wildman–Crippen MR) is 113 cm³/mol. The number of nitrogens with one attached hydrogen (secondary N) is 2. The number of anilines is 1. The molecule has 1 amide bonds. The molecule has 1 aliphatic rings. The van der Waals surface area contributed by atoms with Gasteiger partial charge in [-0.15, -0.1) is 23.1 Å². The second kappa shape index (κ2) is 7.33. The van der Waals surface area contributed by atoms with Crippen LogP contribution in [0.3, 0.4) is 0 Å². The van der Waals surface area contributed by atoms with E-state index in [0.29, 0.717) is 17.0 Å². The van der Waals surface area contributed by atoms with Gasteiger partial charge < -0.3 is 10.3 Å². The van der Waals surface area contributed by atoms with Crippen molar-refractivity contribution in [1.82, 2.24) is 19.7 Å². The predicted octanol–water partition coefficient (Wildman–Crippen LogP) is 2.95. The van der Waals surface area contributed by atoms with E-state index in [9.17, 15) is 9.59 Å². The van der Waals surface area contributed by atoms with Gasteiger partial charge in [0.1, 0.15) is 16.5 Å². The lowest BCUT2D eigenvalue weighted by molar-refractivity contribution is -0.113. The molecule has 2 N–H and O–H groups in total. The average Bonchev–Trinajstić information content (AvgIpc) is 3.24. The lowest BCUT2D eigenvalue weighted by atomic mass is 10.2. The van der Waals surface area contributed by atoms with Crippen molar-refractivity contribution in [3.8, 4) is 0 Å². The Morgan fingerprint density at radius 1 is 1.37 bits per heavy atom. The summed E-state index contributed by atoms with van der Waals surface area (Å²) in [5.74, 6) is 3.87. The van der Waals surface area contributed by atoms with Crippen molar-refractivity contribution >= 4 is 56.8 Å². The number of amides is 1. The smallest absolute Gasteiger partial charge is 0.259 e. The number of aromatic nitrogens is 4. The molecule has 0 aromatic carbocycles. The van der Waals surface area contributed by atoms with Crippen LogP contribution in [0.15, 0.2) is 4.79 Å². The molecule has 3 aromatic heterocycles. The third-order valence-corrected chi connectivity index (χ3v) is 7.55. The molecular formula is C17H19N5O2S3. The lowest BCUT2D eigenvalue weighted by Gasteiger charge is -2.07. The minimum Gasteiger partial charge on any atom is -0.310 e. The van der Waals surface area contributed by atoms with Gasteiger partial charge in [0, 0.05) is 29.0 Å². The molecule has 3 aromatic rings. The van der Waals surface area contributed by atoms with E-state index in [1.807, 2.05) is 20.9 Å². The van der Waals surface area contributed by atoms with E-state index in [4.69, 9.17) is 0 Å². The van der Waals surface area contributed by atoms with Crippen LogP contribution in [0.4, 0.5) is 5.82 Å². The van der Waals surface area contributed by atoms with Crippen molar-refractivity contribution in [2.45, 2.75) is 31.1 Å². The molecular weight excluding hydrogens is 402 g/mol. The van der Waals surface area contributed by atoms with Crippen LogP contribution >= 0.6 is 34.9 Å². The van der Waals surface area contributed by atoms with Crippen LogP contribution in [0.1, 0.15) is 27.5 Å². The molecule has 0 fully saturated rings. The monoisotopic (exact) mass is 421 g/mol. The van der Waals surface area contributed by atoms with Gasteiger partial charge in [0.2, 0.25) is 5.91 Å². The fourth-order valence-electron chi connectivity index (χ4n) is 3.07. The Hall–Kier alpha value is -1.78. The maximum Gasteiger partial charge on any atom is 0.259 e. The zero-order valence-corrected chi connectivity index (χ0v) is 17.7. The highest BCUT2D eigenvalue weighted by molar-refractivity contribution is 7.99. The molecule has 0 spiro atoms. The Labute approximate surface area is 168 Å². The topological polar surface area (TPSA) is 92.7 Å². The number of nitrogens with zero attached hydrogens (tertiary/aromatic N) is 3. The maximum atomic E-state index is 12.3. The van der Waals surface area contributed by atoms with E-state index in [2.05, 4.69) is 20.4 Å². The molecule has 0 bridgehead atoms. The number of rotatable bonds is 5. The van der Waals surface area contributed by atoms with Gasteiger partial charge >= 0.3 is 0 Å². The second-order valence-electron chi connectivity index (χ2n) is 6.41. The van der Waals surface area contributed by atoms with Gasteiger partial charge in [-0.3, -0.25) is 14.3 Å². The van der Waals surface area contributed by atoms with Crippen LogP contribution in [0.25, 0.3) is 10.2 Å². The number of thiophene rings is 1. The summed E-state index contributed by atoms with van der Waals surface area (Å²) in [6.45, 7) is 3.94. The van der Waals surface area contributed by atoms with E-state index < -0.39 is 0 Å². The quantitative estimate of drug-likeness (QED) is 0.658. The Balaban J connectivity index is 1.39. The summed E-state index contributed by atoms with van der Waals surface area (Å²) < 4.78 is 1.74. The van der Waals surface area contributed by atoms with Crippen molar-refractivity contribution in [1.29, 1.82) is 0 Å². The molecule has 4 heterocycles. The van der Waals surface area contributed by atoms with Gasteiger partial charge in [0.05, 0.1) is 22.6 Å². The van der Waals surface area contributed by atoms with E-state index in [0.717, 1.165) is 43.9 Å². The maximum absolute atomic E-state index is 12.3. The van der Waals surface area contributed by atoms with Crippen LogP contribution < -0.4 is 10.9 Å². The number of aromatic amines is 1. The Kier molecular flexibility index (Phi) is 5.04. The van der Waals surface area contributed by atoms with E-state index in [1.54, 1.807) is 16.4 Å². The highest BCUT2D eigenvalue weighted by Crippen LogP contribution is 2.34. The molecule has 27 heavy (non-hydrogen) atoms. The Morgan fingerprint density at radius 3 is 3.00 bits per heavy atom. The van der Waals surface area contributed by atoms with Crippen molar-refractivity contribution in [2.75, 3.05) is 11.1 Å². The summed E-state index contributed by atoms with van der Waals surface area (Å²) in [6, 6.07) is 0. The number of hydrogen-bond donors (Lipinski definition) is 2. The molecule has 0 aliphatic carbocycles. The normalized spacial score (nSPS) is 13.3. The Bertz CT molecular complexity index is 1100. The number of thioether (sulfide) groups is 2. The van der Waals surface area contributed by atoms with Gasteiger partial charge in [-0.1, -0.05) is 0 Å². The van der Waals surface area contributed by atoms with Crippen LogP contribution in [-0.2, 0) is 29.1 Å². The van der Waals surface area contributed by atoms with Crippen molar-refractivity contribution in [2.24, 2.45) is 7.05 Å². The van der Waals surface area contributed by atoms with E-state index in [1.165, 1.54) is 23.1 Å². The summed E-state index contributed by atoms with van der Waals surface area (Å²) >= 11 is 4.77. The minimum absolute atomic E-state index is 0.0751. The van der Waals surface area contributed by atoms with Crippen molar-refractivity contribution in [3.63, 3.8) is 0 Å². The zero-order chi connectivity index (χ0) is 19.1. The summed E-state index contributed by atoms with van der Waals surface area (Å²) in [5.41, 5.74) is 3.07. The molecule has 0 radical (unpaired) electrons. The highest BCUT2D eigenvalue weighted by Gasteiger charge is 2.22. The van der Waals surface area contributed by atoms with E-state index in [-0.39, 0.29) is 17.2 Å². The molecule has 7 nitrogen and oxygen atoms in total. The van der Waals surface area contributed by atoms with Crippen LogP contribution in [0.2, 0.25) is 0 Å². The molecule has 0 atom stereocenters.